The van der Waals surface area contributed by atoms with Crippen molar-refractivity contribution in [3.63, 3.8) is 0 Å². The van der Waals surface area contributed by atoms with Gasteiger partial charge in [0.25, 0.3) is 0 Å². The molecule has 10 heteroatoms. The number of nitrogens with one attached hydrogen (secondary N) is 2. The molecule has 2 aromatic heterocycles. The summed E-state index contributed by atoms with van der Waals surface area (Å²) < 4.78 is 7.42. The minimum absolute atomic E-state index is 0. The fourth-order valence-electron chi connectivity index (χ4n) is 3.73. The quantitative estimate of drug-likeness (QED) is 0.188. The number of morpholine rings is 1. The fourth-order valence-corrected chi connectivity index (χ4v) is 3.73. The van der Waals surface area contributed by atoms with Gasteiger partial charge >= 0.3 is 0 Å². The molecule has 1 aromatic carbocycles. The predicted molar refractivity (Wildman–Crippen MR) is 141 cm³/mol. The van der Waals surface area contributed by atoms with Crippen molar-refractivity contribution < 1.29 is 4.74 Å². The molecule has 0 spiro atoms. The lowest BCUT2D eigenvalue weighted by atomic mass is 10.1. The molecule has 1 fully saturated rings. The SMILES string of the molecule is Cc1nnc(CNC(=NCc2ccnc3ccccc23)NCCCN2CCOCC2)n1C.I. The molecule has 178 valence electrons. The Balaban J connectivity index is 0.00000306. The Morgan fingerprint density at radius 3 is 2.73 bits per heavy atom. The Hall–Kier alpha value is -2.31. The summed E-state index contributed by atoms with van der Waals surface area (Å²) in [6.45, 7) is 8.67. The van der Waals surface area contributed by atoms with Crippen LogP contribution in [-0.4, -0.2) is 70.0 Å². The number of rotatable bonds is 8. The zero-order valence-electron chi connectivity index (χ0n) is 19.3. The van der Waals surface area contributed by atoms with Gasteiger partial charge in [-0.05, 0) is 37.6 Å². The number of pyridine rings is 1. The number of aliphatic imine (C=N–C) groups is 1. The molecule has 0 atom stereocenters. The topological polar surface area (TPSA) is 92.5 Å². The van der Waals surface area contributed by atoms with E-state index in [9.17, 15) is 0 Å². The third kappa shape index (κ3) is 7.08. The van der Waals surface area contributed by atoms with Crippen LogP contribution in [0.3, 0.4) is 0 Å². The van der Waals surface area contributed by atoms with E-state index in [4.69, 9.17) is 9.73 Å². The highest BCUT2D eigenvalue weighted by atomic mass is 127. The van der Waals surface area contributed by atoms with E-state index < -0.39 is 0 Å². The molecule has 0 radical (unpaired) electrons. The summed E-state index contributed by atoms with van der Waals surface area (Å²) >= 11 is 0. The Morgan fingerprint density at radius 1 is 1.12 bits per heavy atom. The number of fused-ring (bicyclic) bond motifs is 1. The molecule has 1 aliphatic heterocycles. The maximum Gasteiger partial charge on any atom is 0.191 e. The van der Waals surface area contributed by atoms with Gasteiger partial charge in [0.2, 0.25) is 0 Å². The van der Waals surface area contributed by atoms with E-state index in [1.807, 2.05) is 49.0 Å². The molecule has 0 unspecified atom stereocenters. The van der Waals surface area contributed by atoms with Crippen LogP contribution in [0.25, 0.3) is 10.9 Å². The minimum Gasteiger partial charge on any atom is -0.379 e. The molecular weight excluding hydrogens is 531 g/mol. The first kappa shape index (κ1) is 25.3. The average Bonchev–Trinajstić information content (AvgIpc) is 3.16. The molecule has 1 aliphatic rings. The standard InChI is InChI=1S/C23H32N8O.HI/c1-18-28-29-22(30(18)2)17-27-23(25-9-5-11-31-12-14-32-15-13-31)26-16-19-8-10-24-21-7-4-3-6-20(19)21;/h3-4,6-8,10H,5,9,11-17H2,1-2H3,(H2,25,26,27);1H. The molecule has 3 heterocycles. The largest absolute Gasteiger partial charge is 0.379 e. The van der Waals surface area contributed by atoms with Crippen molar-refractivity contribution in [2.45, 2.75) is 26.4 Å². The van der Waals surface area contributed by atoms with Crippen molar-refractivity contribution >= 4 is 40.8 Å². The summed E-state index contributed by atoms with van der Waals surface area (Å²) in [5, 5.41) is 16.4. The lowest BCUT2D eigenvalue weighted by Crippen LogP contribution is -2.40. The molecule has 4 rings (SSSR count). The molecule has 0 saturated carbocycles. The van der Waals surface area contributed by atoms with Crippen LogP contribution >= 0.6 is 24.0 Å². The van der Waals surface area contributed by atoms with Crippen LogP contribution in [0.1, 0.15) is 23.6 Å². The maximum atomic E-state index is 5.43. The zero-order chi connectivity index (χ0) is 22.2. The van der Waals surface area contributed by atoms with Gasteiger partial charge in [-0.2, -0.15) is 0 Å². The number of hydrogen-bond donors (Lipinski definition) is 2. The van der Waals surface area contributed by atoms with Crippen LogP contribution in [0, 0.1) is 6.92 Å². The van der Waals surface area contributed by atoms with Gasteiger partial charge in [0.15, 0.2) is 11.8 Å². The molecule has 3 aromatic rings. The van der Waals surface area contributed by atoms with Crippen molar-refractivity contribution in [1.29, 1.82) is 0 Å². The van der Waals surface area contributed by atoms with E-state index in [-0.39, 0.29) is 24.0 Å². The Kier molecular flexibility index (Phi) is 9.82. The molecule has 2 N–H and O–H groups in total. The van der Waals surface area contributed by atoms with Crippen LogP contribution in [0.4, 0.5) is 0 Å². The van der Waals surface area contributed by atoms with Gasteiger partial charge in [-0.1, -0.05) is 18.2 Å². The predicted octanol–water partition coefficient (Wildman–Crippen LogP) is 2.25. The van der Waals surface area contributed by atoms with Crippen molar-refractivity contribution in [3.05, 3.63) is 53.7 Å². The van der Waals surface area contributed by atoms with Crippen LogP contribution < -0.4 is 10.6 Å². The number of halogens is 1. The Labute approximate surface area is 212 Å². The summed E-state index contributed by atoms with van der Waals surface area (Å²) in [5.74, 6) is 2.54. The number of aryl methyl sites for hydroxylation is 1. The summed E-state index contributed by atoms with van der Waals surface area (Å²) in [7, 11) is 1.97. The maximum absolute atomic E-state index is 5.43. The summed E-state index contributed by atoms with van der Waals surface area (Å²) in [6, 6.07) is 10.2. The first-order valence-corrected chi connectivity index (χ1v) is 11.2. The molecule has 0 amide bonds. The van der Waals surface area contributed by atoms with Crippen LogP contribution in [-0.2, 0) is 24.9 Å². The van der Waals surface area contributed by atoms with Crippen molar-refractivity contribution in [3.8, 4) is 0 Å². The number of benzene rings is 1. The number of nitrogens with zero attached hydrogens (tertiary/aromatic N) is 6. The second kappa shape index (κ2) is 12.8. The van der Waals surface area contributed by atoms with Gasteiger partial charge in [-0.25, -0.2) is 4.99 Å². The number of hydrogen-bond acceptors (Lipinski definition) is 6. The third-order valence-corrected chi connectivity index (χ3v) is 5.79. The van der Waals surface area contributed by atoms with E-state index in [0.29, 0.717) is 13.1 Å². The Morgan fingerprint density at radius 2 is 1.94 bits per heavy atom. The Bertz CT molecular complexity index is 1040. The lowest BCUT2D eigenvalue weighted by Gasteiger charge is -2.26. The molecule has 0 aliphatic carbocycles. The lowest BCUT2D eigenvalue weighted by molar-refractivity contribution is 0.0376. The number of ether oxygens (including phenoxy) is 1. The number of para-hydroxylation sites is 1. The summed E-state index contributed by atoms with van der Waals surface area (Å²) in [4.78, 5) is 11.8. The van der Waals surface area contributed by atoms with Gasteiger partial charge in [0.1, 0.15) is 5.82 Å². The van der Waals surface area contributed by atoms with E-state index in [1.165, 1.54) is 0 Å². The number of guanidine groups is 1. The molecule has 1 saturated heterocycles. The van der Waals surface area contributed by atoms with Gasteiger partial charge in [0, 0.05) is 38.3 Å². The van der Waals surface area contributed by atoms with Crippen LogP contribution in [0.5, 0.6) is 0 Å². The molecule has 0 bridgehead atoms. The van der Waals surface area contributed by atoms with Crippen LogP contribution in [0.2, 0.25) is 0 Å². The van der Waals surface area contributed by atoms with Crippen molar-refractivity contribution in [2.75, 3.05) is 39.4 Å². The first-order valence-electron chi connectivity index (χ1n) is 11.2. The molecular formula is C23H33IN8O. The second-order valence-corrected chi connectivity index (χ2v) is 7.96. The van der Waals surface area contributed by atoms with E-state index in [0.717, 1.165) is 79.9 Å². The normalized spacial score (nSPS) is 14.8. The zero-order valence-corrected chi connectivity index (χ0v) is 21.7. The van der Waals surface area contributed by atoms with E-state index >= 15 is 0 Å². The van der Waals surface area contributed by atoms with Gasteiger partial charge in [0.05, 0.1) is 31.8 Å². The van der Waals surface area contributed by atoms with E-state index in [1.54, 1.807) is 0 Å². The second-order valence-electron chi connectivity index (χ2n) is 7.96. The average molecular weight is 564 g/mol. The monoisotopic (exact) mass is 564 g/mol. The first-order chi connectivity index (χ1) is 15.7. The highest BCUT2D eigenvalue weighted by molar-refractivity contribution is 14.0. The molecule has 33 heavy (non-hydrogen) atoms. The highest BCUT2D eigenvalue weighted by Gasteiger charge is 2.10. The van der Waals surface area contributed by atoms with Gasteiger partial charge in [-0.3, -0.25) is 9.88 Å². The highest BCUT2D eigenvalue weighted by Crippen LogP contribution is 2.16. The summed E-state index contributed by atoms with van der Waals surface area (Å²) in [6.07, 6.45) is 2.89. The van der Waals surface area contributed by atoms with E-state index in [2.05, 4.69) is 36.8 Å². The van der Waals surface area contributed by atoms with Crippen molar-refractivity contribution in [1.82, 2.24) is 35.3 Å². The van der Waals surface area contributed by atoms with Gasteiger partial charge < -0.3 is 19.9 Å². The van der Waals surface area contributed by atoms with Gasteiger partial charge in [-0.15, -0.1) is 34.2 Å². The summed E-state index contributed by atoms with van der Waals surface area (Å²) in [5.41, 5.74) is 2.14. The van der Waals surface area contributed by atoms with Crippen LogP contribution in [0.15, 0.2) is 41.5 Å². The van der Waals surface area contributed by atoms with Crippen molar-refractivity contribution in [2.24, 2.45) is 12.0 Å². The fraction of sp³-hybridized carbons (Fsp3) is 0.478. The minimum atomic E-state index is 0. The third-order valence-electron chi connectivity index (χ3n) is 5.79. The smallest absolute Gasteiger partial charge is 0.191 e. The number of aromatic nitrogens is 4. The molecule has 9 nitrogen and oxygen atoms in total.